The zero-order valence-corrected chi connectivity index (χ0v) is 32.6. The van der Waals surface area contributed by atoms with Gasteiger partial charge in [-0.05, 0) is 18.9 Å². The van der Waals surface area contributed by atoms with Crippen molar-refractivity contribution >= 4 is 53.2 Å². The van der Waals surface area contributed by atoms with Crippen LogP contribution in [-0.4, -0.2) is 159 Å². The van der Waals surface area contributed by atoms with E-state index in [1.807, 2.05) is 21.6 Å². The van der Waals surface area contributed by atoms with Gasteiger partial charge in [0.25, 0.3) is 5.91 Å². The lowest BCUT2D eigenvalue weighted by molar-refractivity contribution is -0.137. The predicted molar refractivity (Wildman–Crippen MR) is 204 cm³/mol. The van der Waals surface area contributed by atoms with Crippen LogP contribution in [0.3, 0.4) is 0 Å². The van der Waals surface area contributed by atoms with Crippen LogP contribution in [0, 0.1) is 0 Å². The number of urea groups is 1. The fraction of sp³-hybridized carbons (Fsp3) is 0.657. The summed E-state index contributed by atoms with van der Waals surface area (Å²) in [7, 11) is 0. The first-order valence-corrected chi connectivity index (χ1v) is 20.2. The topological polar surface area (TPSA) is 223 Å². The first-order chi connectivity index (χ1) is 28.0. The number of pyridine rings is 1. The van der Waals surface area contributed by atoms with Crippen LogP contribution < -0.4 is 36.4 Å². The molecule has 4 fully saturated rings. The summed E-state index contributed by atoms with van der Waals surface area (Å²) in [6.45, 7) is 3.09. The van der Waals surface area contributed by atoms with Crippen molar-refractivity contribution in [1.29, 1.82) is 0 Å². The molecule has 5 N–H and O–H groups in total. The zero-order valence-electron chi connectivity index (χ0n) is 31.8. The van der Waals surface area contributed by atoms with Crippen LogP contribution in [0.4, 0.5) is 35.7 Å². The first-order valence-electron chi connectivity index (χ1n) is 19.2. The molecule has 4 aliphatic heterocycles. The molecule has 0 saturated carbocycles. The van der Waals surface area contributed by atoms with Gasteiger partial charge >= 0.3 is 12.2 Å². The maximum Gasteiger partial charge on any atom is 0.417 e. The van der Waals surface area contributed by atoms with Gasteiger partial charge in [0.1, 0.15) is 19.0 Å². The minimum atomic E-state index is -4.84. The Labute approximate surface area is 336 Å². The molecule has 318 valence electrons. The number of fused-ring (bicyclic) bond motifs is 1. The van der Waals surface area contributed by atoms with Crippen LogP contribution in [0.5, 0.6) is 0 Å². The molecule has 2 aromatic rings. The van der Waals surface area contributed by atoms with E-state index in [1.165, 1.54) is 0 Å². The van der Waals surface area contributed by atoms with E-state index in [4.69, 9.17) is 18.9 Å². The molecular formula is C35H48F3N11O8S. The van der Waals surface area contributed by atoms with Crippen molar-refractivity contribution in [2.24, 2.45) is 0 Å². The molecule has 6 heterocycles. The number of nitrogens with zero attached hydrogens (tertiary/aromatic N) is 6. The molecule has 3 atom stereocenters. The van der Waals surface area contributed by atoms with Crippen LogP contribution in [0.2, 0.25) is 0 Å². The number of thioether (sulfide) groups is 1. The maximum absolute atomic E-state index is 14.4. The fourth-order valence-corrected chi connectivity index (χ4v) is 8.21. The molecule has 19 nitrogen and oxygen atoms in total. The molecule has 5 amide bonds. The monoisotopic (exact) mass is 839 g/mol. The molecule has 0 aromatic carbocycles. The standard InChI is InChI=1S/C35H48F3N11O8S/c36-35(37,38)23-17-26(41-18-22(23)31-45-32(48-7-11-54-12-8-48)47-33(46-31)49-9-13-55-14-10-49)43-29(52)20-57-16-15-56-19-28(51)40-6-5-39-27(50)4-2-1-3-25-30-24(21-58-25)42-34(53)44-30/h17-18,24-25,30H,1-16,19-21H2,(H,39,50)(H,40,51)(H,41,43,52)(H2,42,44,53). The van der Waals surface area contributed by atoms with Crippen LogP contribution in [0.1, 0.15) is 31.2 Å². The molecule has 23 heteroatoms. The van der Waals surface area contributed by atoms with E-state index in [9.17, 15) is 32.3 Å². The number of hydrogen-bond donors (Lipinski definition) is 5. The third kappa shape index (κ3) is 12.5. The number of anilines is 3. The average molecular weight is 840 g/mol. The highest BCUT2D eigenvalue weighted by Crippen LogP contribution is 2.38. The summed E-state index contributed by atoms with van der Waals surface area (Å²) in [5.74, 6) is -0.486. The van der Waals surface area contributed by atoms with E-state index in [0.29, 0.717) is 64.3 Å². The van der Waals surface area contributed by atoms with Gasteiger partial charge in [0.2, 0.25) is 23.7 Å². The van der Waals surface area contributed by atoms with Crippen molar-refractivity contribution in [1.82, 2.24) is 41.2 Å². The van der Waals surface area contributed by atoms with E-state index in [2.05, 4.69) is 46.5 Å². The van der Waals surface area contributed by atoms with Gasteiger partial charge < -0.3 is 55.3 Å². The van der Waals surface area contributed by atoms with Gasteiger partial charge in [0, 0.05) is 62.9 Å². The molecule has 0 radical (unpaired) electrons. The van der Waals surface area contributed by atoms with Gasteiger partial charge in [-0.1, -0.05) is 6.42 Å². The second-order valence-electron chi connectivity index (χ2n) is 13.8. The van der Waals surface area contributed by atoms with Gasteiger partial charge in [0.05, 0.1) is 62.9 Å². The number of halogens is 3. The van der Waals surface area contributed by atoms with Crippen LogP contribution in [-0.2, 0) is 39.5 Å². The highest BCUT2D eigenvalue weighted by atomic mass is 32.2. The number of aromatic nitrogens is 4. The van der Waals surface area contributed by atoms with E-state index in [-0.39, 0.29) is 86.0 Å². The quantitative estimate of drug-likeness (QED) is 0.0964. The van der Waals surface area contributed by atoms with Crippen molar-refractivity contribution in [2.75, 3.05) is 113 Å². The number of rotatable bonds is 19. The minimum Gasteiger partial charge on any atom is -0.378 e. The summed E-state index contributed by atoms with van der Waals surface area (Å²) in [5.41, 5.74) is -1.47. The summed E-state index contributed by atoms with van der Waals surface area (Å²) in [6.07, 6.45) is -0.974. The lowest BCUT2D eigenvalue weighted by atomic mass is 10.0. The Morgan fingerprint density at radius 1 is 0.862 bits per heavy atom. The molecule has 0 aliphatic carbocycles. The van der Waals surface area contributed by atoms with E-state index >= 15 is 0 Å². The molecular weight excluding hydrogens is 792 g/mol. The number of alkyl halides is 3. The summed E-state index contributed by atoms with van der Waals surface area (Å²) in [4.78, 5) is 69.3. The van der Waals surface area contributed by atoms with Crippen molar-refractivity contribution in [3.63, 3.8) is 0 Å². The van der Waals surface area contributed by atoms with Gasteiger partial charge in [0.15, 0.2) is 5.82 Å². The summed E-state index contributed by atoms with van der Waals surface area (Å²) < 4.78 is 64.6. The van der Waals surface area contributed by atoms with Crippen LogP contribution in [0.15, 0.2) is 12.3 Å². The van der Waals surface area contributed by atoms with E-state index in [0.717, 1.165) is 37.3 Å². The van der Waals surface area contributed by atoms with Crippen molar-refractivity contribution in [3.8, 4) is 11.4 Å². The largest absolute Gasteiger partial charge is 0.417 e. The lowest BCUT2D eigenvalue weighted by Gasteiger charge is -2.30. The summed E-state index contributed by atoms with van der Waals surface area (Å²) in [5, 5.41) is 13.9. The van der Waals surface area contributed by atoms with E-state index < -0.39 is 30.2 Å². The zero-order chi connectivity index (χ0) is 40.9. The SMILES string of the molecule is O=C(CCCCC1SCC2NC(=O)NC21)NCCNC(=O)COCCOCC(=O)Nc1cc(C(F)(F)F)c(-c2nc(N3CCOCC3)nc(N3CCOCC3)n2)cn1. The van der Waals surface area contributed by atoms with Crippen molar-refractivity contribution in [2.45, 2.75) is 49.2 Å². The number of ether oxygens (including phenoxy) is 4. The third-order valence-electron chi connectivity index (χ3n) is 9.61. The Morgan fingerprint density at radius 2 is 1.48 bits per heavy atom. The third-order valence-corrected chi connectivity index (χ3v) is 11.1. The summed E-state index contributed by atoms with van der Waals surface area (Å²) in [6, 6.07) is 0.931. The lowest BCUT2D eigenvalue weighted by Crippen LogP contribution is -2.40. The van der Waals surface area contributed by atoms with Crippen molar-refractivity contribution in [3.05, 3.63) is 17.8 Å². The minimum absolute atomic E-state index is 0.0307. The number of amides is 5. The molecule has 4 saturated heterocycles. The molecule has 2 aromatic heterocycles. The molecule has 3 unspecified atom stereocenters. The predicted octanol–water partition coefficient (Wildman–Crippen LogP) is 0.556. The second kappa shape index (κ2) is 20.9. The summed E-state index contributed by atoms with van der Waals surface area (Å²) >= 11 is 1.84. The van der Waals surface area contributed by atoms with Crippen LogP contribution >= 0.6 is 11.8 Å². The Kier molecular flexibility index (Phi) is 15.5. The molecule has 58 heavy (non-hydrogen) atoms. The number of hydrogen-bond acceptors (Lipinski definition) is 15. The Morgan fingerprint density at radius 3 is 2.12 bits per heavy atom. The number of carbonyl (C=O) groups excluding carboxylic acids is 4. The van der Waals surface area contributed by atoms with Gasteiger partial charge in [-0.15, -0.1) is 0 Å². The number of unbranched alkanes of at least 4 members (excludes halogenated alkanes) is 1. The van der Waals surface area contributed by atoms with Gasteiger partial charge in [-0.25, -0.2) is 9.78 Å². The smallest absolute Gasteiger partial charge is 0.378 e. The second-order valence-corrected chi connectivity index (χ2v) is 15.1. The maximum atomic E-state index is 14.4. The highest BCUT2D eigenvalue weighted by molar-refractivity contribution is 8.00. The van der Waals surface area contributed by atoms with Crippen LogP contribution in [0.25, 0.3) is 11.4 Å². The van der Waals surface area contributed by atoms with E-state index in [1.54, 1.807) is 0 Å². The normalized spacial score (nSPS) is 20.6. The van der Waals surface area contributed by atoms with Gasteiger partial charge in [-0.3, -0.25) is 14.4 Å². The number of nitrogens with one attached hydrogen (secondary N) is 5. The first kappa shape index (κ1) is 43.0. The molecule has 4 aliphatic rings. The van der Waals surface area contributed by atoms with Crippen molar-refractivity contribution < 1.29 is 51.3 Å². The fourth-order valence-electron chi connectivity index (χ4n) is 6.66. The Hall–Kier alpha value is -4.58. The molecule has 0 bridgehead atoms. The Balaban J connectivity index is 0.873. The number of carbonyl (C=O) groups is 4. The molecule has 6 rings (SSSR count). The molecule has 0 spiro atoms. The highest BCUT2D eigenvalue weighted by Gasteiger charge is 2.42. The average Bonchev–Trinajstić information content (AvgIpc) is 3.78. The number of morpholine rings is 2. The van der Waals surface area contributed by atoms with Gasteiger partial charge in [-0.2, -0.15) is 39.9 Å². The Bertz CT molecular complexity index is 1700.